The van der Waals surface area contributed by atoms with Gasteiger partial charge in [-0.25, -0.2) is 0 Å². The SMILES string of the molecule is Cc1ccc(C(=O)Nc2cc(NCc3ccncc3)cc(C(F)(F)F)c2)cc1N1C=C(c2cnn(C)c2C)N(C)N1. The van der Waals surface area contributed by atoms with Crippen LogP contribution in [0.4, 0.5) is 30.2 Å². The molecule has 1 aliphatic rings. The Balaban J connectivity index is 1.39. The van der Waals surface area contributed by atoms with E-state index in [-0.39, 0.29) is 16.9 Å². The summed E-state index contributed by atoms with van der Waals surface area (Å²) in [5.41, 5.74) is 8.21. The normalized spacial score (nSPS) is 13.4. The number of rotatable bonds is 7. The van der Waals surface area contributed by atoms with Crippen LogP contribution < -0.4 is 21.2 Å². The molecular formula is C29H29F3N8O. The Bertz CT molecular complexity index is 1610. The molecule has 3 N–H and O–H groups in total. The molecule has 0 radical (unpaired) electrons. The first-order valence-electron chi connectivity index (χ1n) is 12.8. The van der Waals surface area contributed by atoms with Gasteiger partial charge in [0.15, 0.2) is 0 Å². The molecule has 4 aromatic rings. The third-order valence-electron chi connectivity index (χ3n) is 6.88. The number of nitrogens with zero attached hydrogens (tertiary/aromatic N) is 5. The second-order valence-corrected chi connectivity index (χ2v) is 9.77. The van der Waals surface area contributed by atoms with Crippen LogP contribution in [-0.4, -0.2) is 32.7 Å². The number of aryl methyl sites for hydroxylation is 2. The van der Waals surface area contributed by atoms with E-state index in [1.807, 2.05) is 39.2 Å². The molecule has 0 unspecified atom stereocenters. The van der Waals surface area contributed by atoms with E-state index in [1.54, 1.807) is 58.6 Å². The van der Waals surface area contributed by atoms with Crippen molar-refractivity contribution in [2.24, 2.45) is 7.05 Å². The Kier molecular flexibility index (Phi) is 7.41. The summed E-state index contributed by atoms with van der Waals surface area (Å²) in [6.45, 7) is 4.18. The molecule has 0 saturated heterocycles. The summed E-state index contributed by atoms with van der Waals surface area (Å²) in [7, 11) is 3.74. The van der Waals surface area contributed by atoms with Crippen LogP contribution in [0.15, 0.2) is 73.3 Å². The van der Waals surface area contributed by atoms with E-state index >= 15 is 0 Å². The van der Waals surface area contributed by atoms with Crippen LogP contribution in [0, 0.1) is 13.8 Å². The lowest BCUT2D eigenvalue weighted by molar-refractivity contribution is -0.137. The molecule has 0 fully saturated rings. The minimum atomic E-state index is -4.59. The van der Waals surface area contributed by atoms with E-state index < -0.39 is 17.6 Å². The van der Waals surface area contributed by atoms with Crippen LogP contribution in [-0.2, 0) is 19.8 Å². The number of hydrogen-bond donors (Lipinski definition) is 3. The maximum absolute atomic E-state index is 13.7. The number of benzene rings is 2. The summed E-state index contributed by atoms with van der Waals surface area (Å²) < 4.78 is 42.8. The summed E-state index contributed by atoms with van der Waals surface area (Å²) in [4.78, 5) is 17.2. The fraction of sp³-hybridized carbons (Fsp3) is 0.207. The molecule has 0 bridgehead atoms. The Hall–Kier alpha value is -4.84. The minimum Gasteiger partial charge on any atom is -0.381 e. The van der Waals surface area contributed by atoms with Crippen LogP contribution in [0.2, 0.25) is 0 Å². The van der Waals surface area contributed by atoms with Crippen molar-refractivity contribution in [3.05, 3.63) is 107 Å². The monoisotopic (exact) mass is 562 g/mol. The first-order valence-corrected chi connectivity index (χ1v) is 12.8. The van der Waals surface area contributed by atoms with Crippen LogP contribution in [0.3, 0.4) is 0 Å². The van der Waals surface area contributed by atoms with E-state index in [1.165, 1.54) is 6.07 Å². The van der Waals surface area contributed by atoms with E-state index in [4.69, 9.17) is 0 Å². The standard InChI is InChI=1S/C29H29F3N8O/c1-18-5-6-21(11-26(18)40-17-27(39(4)37-40)25-16-35-38(3)19(25)2)28(41)36-24-13-22(29(30,31)32)12-23(14-24)34-15-20-7-9-33-10-8-20/h5-14,16-17,34,37H,15H2,1-4H3,(H,36,41). The van der Waals surface area contributed by atoms with Crippen molar-refractivity contribution < 1.29 is 18.0 Å². The first kappa shape index (κ1) is 27.7. The second-order valence-electron chi connectivity index (χ2n) is 9.77. The number of halogens is 3. The second kappa shape index (κ2) is 11.0. The van der Waals surface area contributed by atoms with Gasteiger partial charge in [-0.05, 0) is 67.4 Å². The molecule has 9 nitrogen and oxygen atoms in total. The third-order valence-corrected chi connectivity index (χ3v) is 6.88. The topological polar surface area (TPSA) is 90.4 Å². The average molecular weight is 563 g/mol. The van der Waals surface area contributed by atoms with Gasteiger partial charge < -0.3 is 10.6 Å². The van der Waals surface area contributed by atoms with Crippen molar-refractivity contribution in [3.63, 3.8) is 0 Å². The predicted octanol–water partition coefficient (Wildman–Crippen LogP) is 5.49. The zero-order valence-electron chi connectivity index (χ0n) is 22.9. The molecule has 0 saturated carbocycles. The lowest BCUT2D eigenvalue weighted by Gasteiger charge is -2.22. The maximum Gasteiger partial charge on any atom is 0.416 e. The fourth-order valence-corrected chi connectivity index (χ4v) is 4.46. The van der Waals surface area contributed by atoms with Gasteiger partial charge >= 0.3 is 6.18 Å². The number of hydrazine groups is 2. The Morgan fingerprint density at radius 2 is 1.73 bits per heavy atom. The van der Waals surface area contributed by atoms with Crippen LogP contribution >= 0.6 is 0 Å². The lowest BCUT2D eigenvalue weighted by atomic mass is 10.1. The maximum atomic E-state index is 13.7. The van der Waals surface area contributed by atoms with E-state index in [9.17, 15) is 18.0 Å². The number of amides is 1. The number of nitrogens with one attached hydrogen (secondary N) is 3. The number of pyridine rings is 1. The number of alkyl halides is 3. The third kappa shape index (κ3) is 6.02. The van der Waals surface area contributed by atoms with Crippen molar-refractivity contribution in [1.82, 2.24) is 25.3 Å². The van der Waals surface area contributed by atoms with Crippen LogP contribution in [0.25, 0.3) is 5.70 Å². The van der Waals surface area contributed by atoms with Crippen LogP contribution in [0.1, 0.15) is 38.3 Å². The molecular weight excluding hydrogens is 533 g/mol. The molecule has 5 rings (SSSR count). The van der Waals surface area contributed by atoms with E-state index in [0.29, 0.717) is 12.2 Å². The van der Waals surface area contributed by atoms with Crippen molar-refractivity contribution >= 4 is 28.7 Å². The zero-order valence-corrected chi connectivity index (χ0v) is 22.9. The number of hydrogen-bond acceptors (Lipinski definition) is 7. The van der Waals surface area contributed by atoms with Gasteiger partial charge in [-0.2, -0.15) is 18.3 Å². The highest BCUT2D eigenvalue weighted by atomic mass is 19.4. The molecule has 2 aromatic heterocycles. The predicted molar refractivity (Wildman–Crippen MR) is 151 cm³/mol. The highest BCUT2D eigenvalue weighted by molar-refractivity contribution is 6.05. The summed E-state index contributed by atoms with van der Waals surface area (Å²) in [5, 5.41) is 13.6. The average Bonchev–Trinajstić information content (AvgIpc) is 3.48. The van der Waals surface area contributed by atoms with Crippen molar-refractivity contribution in [1.29, 1.82) is 0 Å². The fourth-order valence-electron chi connectivity index (χ4n) is 4.46. The quantitative estimate of drug-likeness (QED) is 0.275. The molecule has 41 heavy (non-hydrogen) atoms. The summed E-state index contributed by atoms with van der Waals surface area (Å²) in [6.07, 6.45) is 2.32. The van der Waals surface area contributed by atoms with Crippen LogP contribution in [0.5, 0.6) is 0 Å². The molecule has 1 aliphatic heterocycles. The van der Waals surface area contributed by atoms with E-state index in [0.717, 1.165) is 40.2 Å². The van der Waals surface area contributed by atoms with Gasteiger partial charge in [0.05, 0.1) is 23.1 Å². The number of anilines is 3. The zero-order chi connectivity index (χ0) is 29.3. The number of carbonyl (C=O) groups is 1. The molecule has 1 amide bonds. The molecule has 0 aliphatic carbocycles. The van der Waals surface area contributed by atoms with Crippen molar-refractivity contribution in [3.8, 4) is 0 Å². The molecule has 212 valence electrons. The summed E-state index contributed by atoms with van der Waals surface area (Å²) in [5.74, 6) is -0.537. The Morgan fingerprint density at radius 3 is 2.41 bits per heavy atom. The highest BCUT2D eigenvalue weighted by Crippen LogP contribution is 2.34. The highest BCUT2D eigenvalue weighted by Gasteiger charge is 2.31. The number of aromatic nitrogens is 3. The molecule has 3 heterocycles. The Morgan fingerprint density at radius 1 is 1.00 bits per heavy atom. The first-order chi connectivity index (χ1) is 19.5. The molecule has 12 heteroatoms. The molecule has 0 spiro atoms. The van der Waals surface area contributed by atoms with Gasteiger partial charge in [0, 0.05) is 67.4 Å². The lowest BCUT2D eigenvalue weighted by Crippen LogP contribution is -2.38. The van der Waals surface area contributed by atoms with Crippen molar-refractivity contribution in [2.75, 3.05) is 22.7 Å². The Labute approximate surface area is 235 Å². The van der Waals surface area contributed by atoms with Gasteiger partial charge in [0.25, 0.3) is 5.91 Å². The minimum absolute atomic E-state index is 0.0254. The molecule has 2 aromatic carbocycles. The van der Waals surface area contributed by atoms with Gasteiger partial charge in [-0.15, -0.1) is 5.53 Å². The van der Waals surface area contributed by atoms with Gasteiger partial charge in [-0.1, -0.05) is 6.07 Å². The number of carbonyl (C=O) groups excluding carboxylic acids is 1. The largest absolute Gasteiger partial charge is 0.416 e. The summed E-state index contributed by atoms with van der Waals surface area (Å²) in [6, 6.07) is 12.1. The smallest absolute Gasteiger partial charge is 0.381 e. The van der Waals surface area contributed by atoms with Gasteiger partial charge in [0.1, 0.15) is 0 Å². The van der Waals surface area contributed by atoms with E-state index in [2.05, 4.69) is 26.3 Å². The molecule has 0 atom stereocenters. The van der Waals surface area contributed by atoms with Gasteiger partial charge in [0.2, 0.25) is 0 Å². The van der Waals surface area contributed by atoms with Crippen molar-refractivity contribution in [2.45, 2.75) is 26.6 Å². The van der Waals surface area contributed by atoms with Gasteiger partial charge in [-0.3, -0.25) is 24.5 Å². The summed E-state index contributed by atoms with van der Waals surface area (Å²) >= 11 is 0.